The van der Waals surface area contributed by atoms with Crippen LogP contribution in [0.3, 0.4) is 0 Å². The van der Waals surface area contributed by atoms with Crippen LogP contribution in [0.5, 0.6) is 0 Å². The maximum Gasteiger partial charge on any atom is 0.164 e. The third kappa shape index (κ3) is 7.07. The fraction of sp³-hybridized carbons (Fsp3) is 0.235. The number of Topliss-reactive ketones (excluding diaryl/α,β-unsaturated/α-hetero) is 2. The molecule has 0 spiro atoms. The summed E-state index contributed by atoms with van der Waals surface area (Å²) in [5.41, 5.74) is 3.62. The van der Waals surface area contributed by atoms with Gasteiger partial charge in [-0.25, -0.2) is 0 Å². The number of ketones is 2. The van der Waals surface area contributed by atoms with E-state index in [0.29, 0.717) is 34.0 Å². The average molecular weight is 572 g/mol. The van der Waals surface area contributed by atoms with E-state index in [2.05, 4.69) is 34.1 Å². The molecule has 0 amide bonds. The van der Waals surface area contributed by atoms with Crippen molar-refractivity contribution in [3.63, 3.8) is 0 Å². The van der Waals surface area contributed by atoms with Crippen molar-refractivity contribution in [1.29, 1.82) is 0 Å². The number of hydrogen-bond acceptors (Lipinski definition) is 4. The summed E-state index contributed by atoms with van der Waals surface area (Å²) in [5, 5.41) is 1.24. The smallest absolute Gasteiger partial charge is 0.164 e. The summed E-state index contributed by atoms with van der Waals surface area (Å²) < 4.78 is 0. The molecular weight excluding hydrogens is 539 g/mol. The fourth-order valence-corrected chi connectivity index (χ4v) is 5.74. The summed E-state index contributed by atoms with van der Waals surface area (Å²) in [7, 11) is 0. The van der Waals surface area contributed by atoms with E-state index in [0.717, 1.165) is 37.3 Å². The molecular formula is C34H32Cl2N2O2. The lowest BCUT2D eigenvalue weighted by atomic mass is 9.94. The highest BCUT2D eigenvalue weighted by molar-refractivity contribution is 6.31. The molecule has 0 bridgehead atoms. The molecule has 4 nitrogen and oxygen atoms in total. The number of rotatable bonds is 10. The Morgan fingerprint density at radius 3 is 1.18 bits per heavy atom. The molecule has 1 heterocycles. The van der Waals surface area contributed by atoms with Crippen molar-refractivity contribution in [1.82, 2.24) is 9.80 Å². The van der Waals surface area contributed by atoms with Crippen molar-refractivity contribution in [2.45, 2.75) is 24.9 Å². The summed E-state index contributed by atoms with van der Waals surface area (Å²) in [6.07, 6.45) is 0.783. The quantitative estimate of drug-likeness (QED) is 0.181. The Bertz CT molecular complexity index is 1290. The number of piperazine rings is 1. The SMILES string of the molecule is O=C(CC(c1ccccc1)N1CCN(C(CC(=O)c2ccc(Cl)cc2)c2ccccc2)CC1)c1ccc(Cl)cc1. The van der Waals surface area contributed by atoms with Crippen LogP contribution in [-0.2, 0) is 0 Å². The van der Waals surface area contributed by atoms with E-state index >= 15 is 0 Å². The molecule has 5 rings (SSSR count). The molecule has 4 aromatic carbocycles. The number of carbonyl (C=O) groups is 2. The van der Waals surface area contributed by atoms with Crippen molar-refractivity contribution in [2.75, 3.05) is 26.2 Å². The monoisotopic (exact) mass is 570 g/mol. The number of hydrogen-bond donors (Lipinski definition) is 0. The second kappa shape index (κ2) is 13.4. The van der Waals surface area contributed by atoms with Crippen LogP contribution in [0, 0.1) is 0 Å². The van der Waals surface area contributed by atoms with Gasteiger partial charge in [0.05, 0.1) is 0 Å². The van der Waals surface area contributed by atoms with Crippen LogP contribution in [0.1, 0.15) is 56.8 Å². The lowest BCUT2D eigenvalue weighted by molar-refractivity contribution is 0.0557. The fourth-order valence-electron chi connectivity index (χ4n) is 5.49. The molecule has 4 aromatic rings. The Balaban J connectivity index is 1.32. The number of carbonyl (C=O) groups excluding carboxylic acids is 2. The first-order valence-electron chi connectivity index (χ1n) is 13.6. The first kappa shape index (κ1) is 28.3. The summed E-state index contributed by atoms with van der Waals surface area (Å²) in [6.45, 7) is 3.19. The molecule has 204 valence electrons. The van der Waals surface area contributed by atoms with Crippen LogP contribution in [0.15, 0.2) is 109 Å². The van der Waals surface area contributed by atoms with Gasteiger partial charge in [-0.05, 0) is 59.7 Å². The van der Waals surface area contributed by atoms with Gasteiger partial charge in [0.25, 0.3) is 0 Å². The summed E-state index contributed by atoms with van der Waals surface area (Å²) in [4.78, 5) is 31.4. The van der Waals surface area contributed by atoms with Crippen molar-refractivity contribution in [3.8, 4) is 0 Å². The molecule has 1 aliphatic heterocycles. The van der Waals surface area contributed by atoms with E-state index in [9.17, 15) is 9.59 Å². The van der Waals surface area contributed by atoms with Gasteiger partial charge in [-0.2, -0.15) is 0 Å². The normalized spacial score (nSPS) is 15.8. The minimum absolute atomic E-state index is 0.0302. The van der Waals surface area contributed by atoms with Crippen molar-refractivity contribution in [2.24, 2.45) is 0 Å². The van der Waals surface area contributed by atoms with Crippen LogP contribution >= 0.6 is 23.2 Å². The van der Waals surface area contributed by atoms with Gasteiger partial charge in [0.2, 0.25) is 0 Å². The van der Waals surface area contributed by atoms with Crippen molar-refractivity contribution in [3.05, 3.63) is 141 Å². The number of benzene rings is 4. The first-order valence-corrected chi connectivity index (χ1v) is 14.4. The maximum absolute atomic E-state index is 13.3. The molecule has 0 radical (unpaired) electrons. The summed E-state index contributed by atoms with van der Waals surface area (Å²) in [5.74, 6) is 0.201. The first-order chi connectivity index (χ1) is 19.5. The Hall–Kier alpha value is -3.28. The Morgan fingerprint density at radius 1 is 0.525 bits per heavy atom. The number of nitrogens with zero attached hydrogens (tertiary/aromatic N) is 2. The Kier molecular flexibility index (Phi) is 9.45. The van der Waals surface area contributed by atoms with Crippen LogP contribution in [0.2, 0.25) is 10.0 Å². The highest BCUT2D eigenvalue weighted by Crippen LogP contribution is 2.32. The summed E-state index contributed by atoms with van der Waals surface area (Å²) in [6, 6.07) is 34.7. The van der Waals surface area contributed by atoms with E-state index in [1.165, 1.54) is 0 Å². The standard InChI is InChI=1S/C34H32Cl2N2O2/c35-29-15-11-27(12-16-29)33(39)23-31(25-7-3-1-4-8-25)37-19-21-38(22-20-37)32(26-9-5-2-6-10-26)24-34(40)28-13-17-30(36)18-14-28/h1-18,31-32H,19-24H2. The maximum atomic E-state index is 13.3. The molecule has 1 saturated heterocycles. The van der Waals surface area contributed by atoms with E-state index in [-0.39, 0.29) is 23.7 Å². The molecule has 1 fully saturated rings. The van der Waals surface area contributed by atoms with Gasteiger partial charge in [0, 0.05) is 72.3 Å². The molecule has 2 unspecified atom stereocenters. The largest absolute Gasteiger partial charge is 0.294 e. The van der Waals surface area contributed by atoms with Crippen LogP contribution in [-0.4, -0.2) is 47.5 Å². The van der Waals surface area contributed by atoms with Gasteiger partial charge in [-0.3, -0.25) is 19.4 Å². The molecule has 2 atom stereocenters. The molecule has 0 saturated carbocycles. The summed E-state index contributed by atoms with van der Waals surface area (Å²) >= 11 is 12.1. The van der Waals surface area contributed by atoms with Crippen LogP contribution in [0.25, 0.3) is 0 Å². The zero-order chi connectivity index (χ0) is 27.9. The molecule has 0 N–H and O–H groups in total. The second-order valence-corrected chi connectivity index (χ2v) is 11.1. The molecule has 40 heavy (non-hydrogen) atoms. The van der Waals surface area contributed by atoms with Gasteiger partial charge in [-0.1, -0.05) is 83.9 Å². The molecule has 0 aliphatic carbocycles. The van der Waals surface area contributed by atoms with E-state index < -0.39 is 0 Å². The topological polar surface area (TPSA) is 40.6 Å². The third-order valence-corrected chi connectivity index (χ3v) is 8.19. The zero-order valence-corrected chi connectivity index (χ0v) is 23.8. The lowest BCUT2D eigenvalue weighted by Crippen LogP contribution is -2.49. The van der Waals surface area contributed by atoms with E-state index in [1.807, 2.05) is 36.4 Å². The van der Waals surface area contributed by atoms with E-state index in [4.69, 9.17) is 23.2 Å². The molecule has 0 aromatic heterocycles. The van der Waals surface area contributed by atoms with Gasteiger partial charge >= 0.3 is 0 Å². The van der Waals surface area contributed by atoms with Crippen molar-refractivity contribution < 1.29 is 9.59 Å². The molecule has 6 heteroatoms. The van der Waals surface area contributed by atoms with Gasteiger partial charge in [0.1, 0.15) is 0 Å². The van der Waals surface area contributed by atoms with Gasteiger partial charge < -0.3 is 0 Å². The van der Waals surface area contributed by atoms with Crippen LogP contribution in [0.4, 0.5) is 0 Å². The Labute approximate surface area is 246 Å². The highest BCUT2D eigenvalue weighted by atomic mass is 35.5. The second-order valence-electron chi connectivity index (χ2n) is 10.2. The predicted molar refractivity (Wildman–Crippen MR) is 162 cm³/mol. The minimum atomic E-state index is -0.0302. The van der Waals surface area contributed by atoms with Crippen molar-refractivity contribution >= 4 is 34.8 Å². The highest BCUT2D eigenvalue weighted by Gasteiger charge is 2.31. The predicted octanol–water partition coefficient (Wildman–Crippen LogP) is 7.94. The van der Waals surface area contributed by atoms with Gasteiger partial charge in [-0.15, -0.1) is 0 Å². The lowest BCUT2D eigenvalue weighted by Gasteiger charge is -2.42. The van der Waals surface area contributed by atoms with E-state index in [1.54, 1.807) is 48.5 Å². The van der Waals surface area contributed by atoms with Gasteiger partial charge in [0.15, 0.2) is 11.6 Å². The van der Waals surface area contributed by atoms with Crippen LogP contribution < -0.4 is 0 Å². The number of halogens is 2. The Morgan fingerprint density at radius 2 is 0.850 bits per heavy atom. The zero-order valence-electron chi connectivity index (χ0n) is 22.3. The molecule has 1 aliphatic rings. The average Bonchev–Trinajstić information content (AvgIpc) is 3.00. The minimum Gasteiger partial charge on any atom is -0.294 e. The third-order valence-electron chi connectivity index (χ3n) is 7.69.